The number of aliphatic carboxylic acids is 1. The zero-order valence-electron chi connectivity index (χ0n) is 6.24. The first-order valence-corrected chi connectivity index (χ1v) is 4.25. The summed E-state index contributed by atoms with van der Waals surface area (Å²) in [5, 5.41) is 12.1. The van der Waals surface area contributed by atoms with Gasteiger partial charge in [0.1, 0.15) is 16.8 Å². The highest BCUT2D eigenvalue weighted by atomic mass is 79.9. The van der Waals surface area contributed by atoms with Crippen LogP contribution in [0.3, 0.4) is 0 Å². The van der Waals surface area contributed by atoms with Crippen LogP contribution in [-0.2, 0) is 9.63 Å². The van der Waals surface area contributed by atoms with E-state index < -0.39 is 12.0 Å². The van der Waals surface area contributed by atoms with Crippen molar-refractivity contribution in [2.75, 3.05) is 0 Å². The van der Waals surface area contributed by atoms with Crippen molar-refractivity contribution < 1.29 is 14.7 Å². The number of hydrogen-bond donors (Lipinski definition) is 2. The molecule has 1 rings (SSSR count). The number of nitrogens with zero attached hydrogens (tertiary/aromatic N) is 1. The van der Waals surface area contributed by atoms with Crippen LogP contribution >= 0.6 is 15.9 Å². The van der Waals surface area contributed by atoms with E-state index in [4.69, 9.17) is 15.7 Å². The van der Waals surface area contributed by atoms with E-state index in [9.17, 15) is 4.79 Å². The van der Waals surface area contributed by atoms with E-state index in [-0.39, 0.29) is 12.5 Å². The zero-order chi connectivity index (χ0) is 9.14. The second-order valence-electron chi connectivity index (χ2n) is 2.58. The number of carbonyl (C=O) groups is 1. The largest absolute Gasteiger partial charge is 0.480 e. The Morgan fingerprint density at radius 3 is 3.08 bits per heavy atom. The van der Waals surface area contributed by atoms with Crippen molar-refractivity contribution in [3.63, 3.8) is 0 Å². The van der Waals surface area contributed by atoms with Crippen molar-refractivity contribution in [3.05, 3.63) is 0 Å². The molecule has 0 aromatic carbocycles. The molecule has 0 aromatic rings. The van der Waals surface area contributed by atoms with Crippen LogP contribution in [0.2, 0.25) is 0 Å². The Morgan fingerprint density at radius 2 is 2.67 bits per heavy atom. The highest BCUT2D eigenvalue weighted by Gasteiger charge is 2.24. The summed E-state index contributed by atoms with van der Waals surface area (Å²) in [6.45, 7) is 0. The maximum absolute atomic E-state index is 10.3. The Kier molecular flexibility index (Phi) is 3.05. The van der Waals surface area contributed by atoms with Gasteiger partial charge in [-0.2, -0.15) is 0 Å². The van der Waals surface area contributed by atoms with Crippen molar-refractivity contribution in [3.8, 4) is 0 Å². The summed E-state index contributed by atoms with van der Waals surface area (Å²) < 4.78 is 0.699. The molecule has 2 atom stereocenters. The molecule has 0 aromatic heterocycles. The molecule has 6 heteroatoms. The van der Waals surface area contributed by atoms with Gasteiger partial charge in [0, 0.05) is 12.8 Å². The Bertz CT molecular complexity index is 219. The summed E-state index contributed by atoms with van der Waals surface area (Å²) >= 11 is 3.14. The summed E-state index contributed by atoms with van der Waals surface area (Å²) in [7, 11) is 0. The molecule has 3 N–H and O–H groups in total. The van der Waals surface area contributed by atoms with E-state index in [0.717, 1.165) is 0 Å². The molecule has 0 amide bonds. The van der Waals surface area contributed by atoms with E-state index in [1.165, 1.54) is 0 Å². The average molecular weight is 237 g/mol. The van der Waals surface area contributed by atoms with E-state index in [1.54, 1.807) is 0 Å². The molecule has 68 valence electrons. The number of carboxylic acids is 1. The monoisotopic (exact) mass is 236 g/mol. The summed E-state index contributed by atoms with van der Waals surface area (Å²) in [5.41, 5.74) is 5.30. The smallest absolute Gasteiger partial charge is 0.320 e. The predicted octanol–water partition coefficient (Wildman–Crippen LogP) is 0.286. The maximum atomic E-state index is 10.3. The molecule has 0 unspecified atom stereocenters. The van der Waals surface area contributed by atoms with Gasteiger partial charge in [0.25, 0.3) is 0 Å². The predicted molar refractivity (Wildman–Crippen MR) is 46.1 cm³/mol. The first-order chi connectivity index (χ1) is 5.59. The molecule has 0 saturated heterocycles. The van der Waals surface area contributed by atoms with Crippen LogP contribution in [0, 0.1) is 0 Å². The third-order valence-electron chi connectivity index (χ3n) is 1.53. The highest BCUT2D eigenvalue weighted by Crippen LogP contribution is 2.17. The van der Waals surface area contributed by atoms with Gasteiger partial charge >= 0.3 is 5.97 Å². The van der Waals surface area contributed by atoms with Gasteiger partial charge in [-0.3, -0.25) is 4.79 Å². The summed E-state index contributed by atoms with van der Waals surface area (Å²) in [6, 6.07) is -0.872. The Balaban J connectivity index is 2.30. The number of oxime groups is 1. The third kappa shape index (κ3) is 2.46. The van der Waals surface area contributed by atoms with E-state index in [1.807, 2.05) is 0 Å². The summed E-state index contributed by atoms with van der Waals surface area (Å²) in [5.74, 6) is -1.01. The quantitative estimate of drug-likeness (QED) is 0.738. The van der Waals surface area contributed by atoms with E-state index in [0.29, 0.717) is 11.0 Å². The first-order valence-electron chi connectivity index (χ1n) is 3.46. The molecule has 0 fully saturated rings. The number of rotatable bonds is 3. The van der Waals surface area contributed by atoms with Crippen LogP contribution in [0.1, 0.15) is 12.8 Å². The van der Waals surface area contributed by atoms with Gasteiger partial charge in [-0.1, -0.05) is 5.16 Å². The topological polar surface area (TPSA) is 84.9 Å². The number of nitrogens with two attached hydrogens (primary N) is 1. The molecule has 0 spiro atoms. The van der Waals surface area contributed by atoms with Gasteiger partial charge in [-0.15, -0.1) is 0 Å². The lowest BCUT2D eigenvalue weighted by molar-refractivity contribution is -0.139. The lowest BCUT2D eigenvalue weighted by atomic mass is 10.1. The minimum absolute atomic E-state index is 0.203. The van der Waals surface area contributed by atoms with Crippen molar-refractivity contribution in [1.82, 2.24) is 0 Å². The van der Waals surface area contributed by atoms with Crippen LogP contribution in [0.4, 0.5) is 0 Å². The third-order valence-corrected chi connectivity index (χ3v) is 2.00. The van der Waals surface area contributed by atoms with Gasteiger partial charge in [-0.05, 0) is 15.9 Å². The van der Waals surface area contributed by atoms with Crippen LogP contribution in [0.5, 0.6) is 0 Å². The van der Waals surface area contributed by atoms with Gasteiger partial charge in [-0.25, -0.2) is 0 Å². The zero-order valence-corrected chi connectivity index (χ0v) is 7.82. The van der Waals surface area contributed by atoms with Gasteiger partial charge < -0.3 is 15.7 Å². The van der Waals surface area contributed by atoms with Crippen molar-refractivity contribution in [2.24, 2.45) is 10.9 Å². The second-order valence-corrected chi connectivity index (χ2v) is 3.49. The Hall–Kier alpha value is -0.620. The molecular weight excluding hydrogens is 228 g/mol. The molecular formula is C6H9BrN2O3. The molecule has 0 bridgehead atoms. The van der Waals surface area contributed by atoms with Gasteiger partial charge in [0.15, 0.2) is 0 Å². The van der Waals surface area contributed by atoms with Crippen molar-refractivity contribution in [1.29, 1.82) is 0 Å². The normalized spacial score (nSPS) is 24.5. The fraction of sp³-hybridized carbons (Fsp3) is 0.667. The van der Waals surface area contributed by atoms with E-state index in [2.05, 4.69) is 21.1 Å². The molecule has 0 radical (unpaired) electrons. The Labute approximate surface area is 77.7 Å². The Morgan fingerprint density at radius 1 is 2.00 bits per heavy atom. The number of carboxylic acid groups (broad SMARTS) is 1. The molecule has 0 aliphatic carbocycles. The molecule has 12 heavy (non-hydrogen) atoms. The SMILES string of the molecule is N[C@@H](C[C@@H]1CC(Br)=NO1)C(=O)O. The van der Waals surface area contributed by atoms with Crippen LogP contribution in [0.15, 0.2) is 5.16 Å². The van der Waals surface area contributed by atoms with E-state index >= 15 is 0 Å². The minimum atomic E-state index is -1.01. The number of hydrogen-bond acceptors (Lipinski definition) is 4. The maximum Gasteiger partial charge on any atom is 0.320 e. The molecule has 1 aliphatic heterocycles. The standard InChI is InChI=1S/C6H9BrN2O3/c7-5-2-3(12-9-5)1-4(8)6(10)11/h3-4H,1-2,8H2,(H,10,11)/t3-,4+/m1/s1. The molecule has 1 heterocycles. The lowest BCUT2D eigenvalue weighted by Gasteiger charge is -2.10. The number of halogens is 1. The summed E-state index contributed by atoms with van der Waals surface area (Å²) in [4.78, 5) is 15.2. The van der Waals surface area contributed by atoms with Gasteiger partial charge in [0.05, 0.1) is 0 Å². The average Bonchev–Trinajstić information content (AvgIpc) is 2.35. The fourth-order valence-electron chi connectivity index (χ4n) is 0.905. The molecule has 5 nitrogen and oxygen atoms in total. The summed E-state index contributed by atoms with van der Waals surface area (Å²) in [6.07, 6.45) is 0.681. The fourth-order valence-corrected chi connectivity index (χ4v) is 1.35. The van der Waals surface area contributed by atoms with Crippen molar-refractivity contribution in [2.45, 2.75) is 25.0 Å². The van der Waals surface area contributed by atoms with Crippen molar-refractivity contribution >= 4 is 26.5 Å². The molecule has 0 saturated carbocycles. The van der Waals surface area contributed by atoms with Crippen LogP contribution in [-0.4, -0.2) is 27.8 Å². The first kappa shape index (κ1) is 9.47. The van der Waals surface area contributed by atoms with Crippen LogP contribution in [0.25, 0.3) is 0 Å². The van der Waals surface area contributed by atoms with Crippen LogP contribution < -0.4 is 5.73 Å². The minimum Gasteiger partial charge on any atom is -0.480 e. The van der Waals surface area contributed by atoms with Gasteiger partial charge in [0.2, 0.25) is 0 Å². The molecule has 1 aliphatic rings. The lowest BCUT2D eigenvalue weighted by Crippen LogP contribution is -2.33. The second kappa shape index (κ2) is 3.86. The highest BCUT2D eigenvalue weighted by molar-refractivity contribution is 9.18.